The van der Waals surface area contributed by atoms with E-state index in [1.54, 1.807) is 19.2 Å². The Labute approximate surface area is 120 Å². The zero-order chi connectivity index (χ0) is 14.3. The van der Waals surface area contributed by atoms with Crippen LogP contribution in [0.3, 0.4) is 0 Å². The molecule has 3 N–H and O–H groups in total. The number of rotatable bonds is 6. The van der Waals surface area contributed by atoms with Crippen LogP contribution in [0, 0.1) is 0 Å². The van der Waals surface area contributed by atoms with E-state index in [1.807, 2.05) is 6.92 Å². The summed E-state index contributed by atoms with van der Waals surface area (Å²) in [5.41, 5.74) is 7.76. The number of hydrazone groups is 1. The van der Waals surface area contributed by atoms with Crippen molar-refractivity contribution in [3.05, 3.63) is 22.2 Å². The Morgan fingerprint density at radius 2 is 2.32 bits per heavy atom. The summed E-state index contributed by atoms with van der Waals surface area (Å²) in [5, 5.41) is 3.68. The number of halogens is 1. The van der Waals surface area contributed by atoms with Crippen LogP contribution in [-0.2, 0) is 0 Å². The zero-order valence-corrected chi connectivity index (χ0v) is 12.4. The maximum atomic E-state index is 10.5. The average molecular weight is 330 g/mol. The van der Waals surface area contributed by atoms with Crippen molar-refractivity contribution in [1.29, 1.82) is 0 Å². The zero-order valence-electron chi connectivity index (χ0n) is 10.8. The molecule has 0 saturated carbocycles. The van der Waals surface area contributed by atoms with Crippen molar-refractivity contribution in [1.82, 2.24) is 5.43 Å². The Morgan fingerprint density at radius 1 is 1.58 bits per heavy atom. The molecule has 2 amide bonds. The number of urea groups is 1. The lowest BCUT2D eigenvalue weighted by molar-refractivity contribution is 0.249. The summed E-state index contributed by atoms with van der Waals surface area (Å²) < 4.78 is 11.6. The molecule has 0 radical (unpaired) electrons. The van der Waals surface area contributed by atoms with Crippen molar-refractivity contribution in [2.45, 2.75) is 13.3 Å². The lowest BCUT2D eigenvalue weighted by Gasteiger charge is -2.12. The highest BCUT2D eigenvalue weighted by atomic mass is 79.9. The molecule has 0 unspecified atom stereocenters. The van der Waals surface area contributed by atoms with Crippen molar-refractivity contribution in [2.24, 2.45) is 10.8 Å². The number of hydrogen-bond acceptors (Lipinski definition) is 4. The first-order valence-electron chi connectivity index (χ1n) is 5.67. The molecular weight excluding hydrogens is 314 g/mol. The van der Waals surface area contributed by atoms with Crippen LogP contribution >= 0.6 is 15.9 Å². The molecule has 0 aliphatic carbocycles. The van der Waals surface area contributed by atoms with Gasteiger partial charge in [0.15, 0.2) is 11.5 Å². The minimum atomic E-state index is -0.717. The highest BCUT2D eigenvalue weighted by Crippen LogP contribution is 2.36. The van der Waals surface area contributed by atoms with E-state index in [2.05, 4.69) is 26.5 Å². The Kier molecular flexibility index (Phi) is 6.14. The van der Waals surface area contributed by atoms with Crippen molar-refractivity contribution >= 4 is 28.2 Å². The number of benzene rings is 1. The van der Waals surface area contributed by atoms with E-state index in [0.717, 1.165) is 16.5 Å². The highest BCUT2D eigenvalue weighted by molar-refractivity contribution is 9.10. The van der Waals surface area contributed by atoms with Gasteiger partial charge in [-0.15, -0.1) is 0 Å². The number of methoxy groups -OCH3 is 1. The topological polar surface area (TPSA) is 85.9 Å². The van der Waals surface area contributed by atoms with Crippen LogP contribution in [0.4, 0.5) is 4.79 Å². The largest absolute Gasteiger partial charge is 0.493 e. The molecule has 0 heterocycles. The molecule has 1 aromatic carbocycles. The Hall–Kier alpha value is -1.76. The van der Waals surface area contributed by atoms with Gasteiger partial charge in [-0.05, 0) is 40.0 Å². The van der Waals surface area contributed by atoms with E-state index in [0.29, 0.717) is 18.1 Å². The highest BCUT2D eigenvalue weighted by Gasteiger charge is 2.10. The third-order valence-electron chi connectivity index (χ3n) is 2.09. The third kappa shape index (κ3) is 4.78. The van der Waals surface area contributed by atoms with Crippen LogP contribution in [-0.4, -0.2) is 26.0 Å². The Balaban J connectivity index is 2.95. The van der Waals surface area contributed by atoms with Gasteiger partial charge in [-0.3, -0.25) is 0 Å². The smallest absolute Gasteiger partial charge is 0.332 e. The molecule has 1 rings (SSSR count). The normalized spacial score (nSPS) is 10.5. The molecule has 104 valence electrons. The standard InChI is InChI=1S/C12H16BrN3O3/c1-3-4-19-11-9(13)5-8(6-10(11)18-2)7-15-16-12(14)17/h5-7H,3-4H2,1-2H3,(H3,14,16,17)/b15-7-. The maximum Gasteiger partial charge on any atom is 0.332 e. The van der Waals surface area contributed by atoms with Gasteiger partial charge in [0, 0.05) is 0 Å². The molecule has 0 aromatic heterocycles. The van der Waals surface area contributed by atoms with E-state index in [9.17, 15) is 4.79 Å². The van der Waals surface area contributed by atoms with Gasteiger partial charge in [0.2, 0.25) is 0 Å². The summed E-state index contributed by atoms with van der Waals surface area (Å²) in [5.74, 6) is 1.23. The number of hydrogen-bond donors (Lipinski definition) is 2. The number of carbonyl (C=O) groups is 1. The summed E-state index contributed by atoms with van der Waals surface area (Å²) in [7, 11) is 1.56. The van der Waals surface area contributed by atoms with E-state index in [4.69, 9.17) is 15.2 Å². The number of nitrogens with one attached hydrogen (secondary N) is 1. The van der Waals surface area contributed by atoms with Gasteiger partial charge in [0.05, 0.1) is 24.4 Å². The number of carbonyl (C=O) groups excluding carboxylic acids is 1. The molecule has 0 spiro atoms. The van der Waals surface area contributed by atoms with Gasteiger partial charge in [-0.1, -0.05) is 6.92 Å². The molecule has 0 fully saturated rings. The molecule has 0 saturated heterocycles. The summed E-state index contributed by atoms with van der Waals surface area (Å²) in [6.07, 6.45) is 2.36. The van der Waals surface area contributed by atoms with Crippen molar-refractivity contribution in [2.75, 3.05) is 13.7 Å². The second kappa shape index (κ2) is 7.63. The third-order valence-corrected chi connectivity index (χ3v) is 2.68. The van der Waals surface area contributed by atoms with Crippen molar-refractivity contribution in [3.63, 3.8) is 0 Å². The molecular formula is C12H16BrN3O3. The van der Waals surface area contributed by atoms with Gasteiger partial charge in [0.1, 0.15) is 0 Å². The van der Waals surface area contributed by atoms with Crippen LogP contribution in [0.25, 0.3) is 0 Å². The maximum absolute atomic E-state index is 10.5. The summed E-state index contributed by atoms with van der Waals surface area (Å²) in [6, 6.07) is 2.84. The van der Waals surface area contributed by atoms with Crippen LogP contribution in [0.2, 0.25) is 0 Å². The predicted molar refractivity (Wildman–Crippen MR) is 76.8 cm³/mol. The number of nitrogens with zero attached hydrogens (tertiary/aromatic N) is 1. The summed E-state index contributed by atoms with van der Waals surface area (Å²) in [4.78, 5) is 10.5. The SMILES string of the molecule is CCCOc1c(Br)cc(/C=N\NC(N)=O)cc1OC. The van der Waals surface area contributed by atoms with Crippen LogP contribution in [0.1, 0.15) is 18.9 Å². The number of amides is 2. The summed E-state index contributed by atoms with van der Waals surface area (Å²) in [6.45, 7) is 2.63. The van der Waals surface area contributed by atoms with Crippen LogP contribution in [0.15, 0.2) is 21.7 Å². The first kappa shape index (κ1) is 15.3. The first-order valence-corrected chi connectivity index (χ1v) is 6.46. The fourth-order valence-corrected chi connectivity index (χ4v) is 1.90. The first-order chi connectivity index (χ1) is 9.08. The van der Waals surface area contributed by atoms with Crippen LogP contribution < -0.4 is 20.6 Å². The van der Waals surface area contributed by atoms with Crippen molar-refractivity contribution in [3.8, 4) is 11.5 Å². The van der Waals surface area contributed by atoms with E-state index >= 15 is 0 Å². The minimum absolute atomic E-state index is 0.586. The van der Waals surface area contributed by atoms with E-state index < -0.39 is 6.03 Å². The lowest BCUT2D eigenvalue weighted by Crippen LogP contribution is -2.24. The second-order valence-corrected chi connectivity index (χ2v) is 4.47. The molecule has 7 heteroatoms. The molecule has 19 heavy (non-hydrogen) atoms. The molecule has 6 nitrogen and oxygen atoms in total. The van der Waals surface area contributed by atoms with Gasteiger partial charge >= 0.3 is 6.03 Å². The van der Waals surface area contributed by atoms with Gasteiger partial charge in [-0.25, -0.2) is 10.2 Å². The summed E-state index contributed by atoms with van der Waals surface area (Å²) >= 11 is 3.41. The molecule has 0 atom stereocenters. The van der Waals surface area contributed by atoms with Gasteiger partial charge in [-0.2, -0.15) is 5.10 Å². The molecule has 1 aromatic rings. The average Bonchev–Trinajstić information content (AvgIpc) is 2.36. The number of nitrogens with two attached hydrogens (primary N) is 1. The van der Waals surface area contributed by atoms with E-state index in [1.165, 1.54) is 6.21 Å². The number of primary amides is 1. The lowest BCUT2D eigenvalue weighted by atomic mass is 10.2. The fraction of sp³-hybridized carbons (Fsp3) is 0.333. The Morgan fingerprint density at radius 3 is 2.89 bits per heavy atom. The second-order valence-electron chi connectivity index (χ2n) is 3.62. The quantitative estimate of drug-likeness (QED) is 0.620. The van der Waals surface area contributed by atoms with Crippen LogP contribution in [0.5, 0.6) is 11.5 Å². The Bertz CT molecular complexity index is 478. The van der Waals surface area contributed by atoms with E-state index in [-0.39, 0.29) is 0 Å². The molecule has 0 aliphatic heterocycles. The minimum Gasteiger partial charge on any atom is -0.493 e. The monoisotopic (exact) mass is 329 g/mol. The fourth-order valence-electron chi connectivity index (χ4n) is 1.33. The van der Waals surface area contributed by atoms with Gasteiger partial charge in [0.25, 0.3) is 0 Å². The predicted octanol–water partition coefficient (Wildman–Crippen LogP) is 2.25. The van der Waals surface area contributed by atoms with Crippen molar-refractivity contribution < 1.29 is 14.3 Å². The molecule has 0 aliphatic rings. The number of ether oxygens (including phenoxy) is 2. The van der Waals surface area contributed by atoms with Gasteiger partial charge < -0.3 is 15.2 Å². The molecule has 0 bridgehead atoms.